The van der Waals surface area contributed by atoms with Crippen molar-refractivity contribution in [1.29, 1.82) is 0 Å². The molecule has 2 aromatic heterocycles. The number of Topliss-reactive ketones (excluding diaryl/α,β-unsaturated/α-hetero) is 1. The number of carbonyl (C=O) groups is 2. The molecule has 1 atom stereocenters. The smallest absolute Gasteiger partial charge is 0.295 e. The first-order chi connectivity index (χ1) is 13.6. The molecule has 1 saturated heterocycles. The Kier molecular flexibility index (Phi) is 4.57. The maximum absolute atomic E-state index is 12.8. The quantitative estimate of drug-likeness (QED) is 0.405. The molecular weight excluding hydrogens is 358 g/mol. The van der Waals surface area contributed by atoms with Crippen molar-refractivity contribution in [2.75, 3.05) is 6.54 Å². The topological polar surface area (TPSA) is 99.4 Å². The number of benzene rings is 1. The van der Waals surface area contributed by atoms with Crippen molar-refractivity contribution >= 4 is 17.4 Å². The number of aromatic amines is 1. The minimum atomic E-state index is -0.778. The van der Waals surface area contributed by atoms with E-state index in [1.165, 1.54) is 11.2 Å². The minimum Gasteiger partial charge on any atom is -0.507 e. The SMILES string of the molecule is Cc1ccc(C(O)=C2C(=O)C(=O)N(CCc3cnc[nH]3)[C@H]2c2ccco2)cc1. The maximum atomic E-state index is 12.8. The van der Waals surface area contributed by atoms with Crippen molar-refractivity contribution in [3.8, 4) is 0 Å². The number of aryl methyl sites for hydroxylation is 1. The summed E-state index contributed by atoms with van der Waals surface area (Å²) in [5, 5.41) is 10.9. The third-order valence-electron chi connectivity index (χ3n) is 4.85. The van der Waals surface area contributed by atoms with Crippen molar-refractivity contribution in [2.45, 2.75) is 19.4 Å². The molecule has 0 aliphatic carbocycles. The monoisotopic (exact) mass is 377 g/mol. The van der Waals surface area contributed by atoms with Crippen molar-refractivity contribution in [3.63, 3.8) is 0 Å². The summed E-state index contributed by atoms with van der Waals surface area (Å²) in [4.78, 5) is 33.9. The van der Waals surface area contributed by atoms with Crippen LogP contribution in [0.2, 0.25) is 0 Å². The lowest BCUT2D eigenvalue weighted by atomic mass is 9.99. The number of aliphatic hydroxyl groups is 1. The third kappa shape index (κ3) is 3.11. The zero-order valence-electron chi connectivity index (χ0n) is 15.3. The number of aliphatic hydroxyl groups excluding tert-OH is 1. The molecule has 0 unspecified atom stereocenters. The molecule has 1 aromatic carbocycles. The van der Waals surface area contributed by atoms with Crippen LogP contribution < -0.4 is 0 Å². The average molecular weight is 377 g/mol. The van der Waals surface area contributed by atoms with Gasteiger partial charge in [0.15, 0.2) is 0 Å². The fourth-order valence-electron chi connectivity index (χ4n) is 3.38. The zero-order chi connectivity index (χ0) is 19.7. The largest absolute Gasteiger partial charge is 0.507 e. The number of amides is 1. The molecule has 4 rings (SSSR count). The molecule has 142 valence electrons. The second kappa shape index (κ2) is 7.19. The molecular formula is C21H19N3O4. The van der Waals surface area contributed by atoms with E-state index < -0.39 is 17.7 Å². The molecule has 1 aliphatic heterocycles. The van der Waals surface area contributed by atoms with E-state index in [0.717, 1.165) is 11.3 Å². The van der Waals surface area contributed by atoms with Crippen LogP contribution >= 0.6 is 0 Å². The lowest BCUT2D eigenvalue weighted by molar-refractivity contribution is -0.140. The Morgan fingerprint density at radius 2 is 2.04 bits per heavy atom. The van der Waals surface area contributed by atoms with Gasteiger partial charge in [0, 0.05) is 30.4 Å². The number of imidazole rings is 1. The number of aromatic nitrogens is 2. The summed E-state index contributed by atoms with van der Waals surface area (Å²) in [7, 11) is 0. The number of hydrogen-bond acceptors (Lipinski definition) is 5. The maximum Gasteiger partial charge on any atom is 0.295 e. The Labute approximate surface area is 161 Å². The van der Waals surface area contributed by atoms with E-state index in [-0.39, 0.29) is 17.9 Å². The molecule has 7 heteroatoms. The van der Waals surface area contributed by atoms with E-state index in [4.69, 9.17) is 4.42 Å². The van der Waals surface area contributed by atoms with Crippen LogP contribution in [0, 0.1) is 6.92 Å². The Bertz CT molecular complexity index is 1020. The lowest BCUT2D eigenvalue weighted by Gasteiger charge is -2.23. The Balaban J connectivity index is 1.76. The highest BCUT2D eigenvalue weighted by Crippen LogP contribution is 2.39. The Morgan fingerprint density at radius 1 is 1.25 bits per heavy atom. The molecule has 0 spiro atoms. The third-order valence-corrected chi connectivity index (χ3v) is 4.85. The summed E-state index contributed by atoms with van der Waals surface area (Å²) >= 11 is 0. The highest BCUT2D eigenvalue weighted by Gasteiger charge is 2.47. The van der Waals surface area contributed by atoms with Gasteiger partial charge < -0.3 is 19.4 Å². The number of carbonyl (C=O) groups excluding carboxylic acids is 2. The number of furan rings is 1. The average Bonchev–Trinajstić information content (AvgIpc) is 3.43. The fraction of sp³-hybridized carbons (Fsp3) is 0.190. The summed E-state index contributed by atoms with van der Waals surface area (Å²) in [5.74, 6) is -1.15. The number of ketones is 1. The van der Waals surface area contributed by atoms with E-state index in [9.17, 15) is 14.7 Å². The number of nitrogens with zero attached hydrogens (tertiary/aromatic N) is 2. The molecule has 0 radical (unpaired) electrons. The lowest BCUT2D eigenvalue weighted by Crippen LogP contribution is -2.31. The normalized spacial score (nSPS) is 18.8. The van der Waals surface area contributed by atoms with Crippen molar-refractivity contribution in [3.05, 3.63) is 83.3 Å². The first-order valence-electron chi connectivity index (χ1n) is 8.92. The summed E-state index contributed by atoms with van der Waals surface area (Å²) in [6.07, 6.45) is 5.21. The van der Waals surface area contributed by atoms with Gasteiger partial charge in [-0.15, -0.1) is 0 Å². The van der Waals surface area contributed by atoms with Crippen LogP contribution in [0.5, 0.6) is 0 Å². The van der Waals surface area contributed by atoms with Crippen LogP contribution in [0.1, 0.15) is 28.6 Å². The van der Waals surface area contributed by atoms with E-state index in [1.807, 2.05) is 19.1 Å². The minimum absolute atomic E-state index is 0.0356. The van der Waals surface area contributed by atoms with Gasteiger partial charge in [-0.3, -0.25) is 9.59 Å². The number of likely N-dealkylation sites (tertiary alicyclic amines) is 1. The number of H-pyrrole nitrogens is 1. The van der Waals surface area contributed by atoms with Crippen LogP contribution in [0.4, 0.5) is 0 Å². The van der Waals surface area contributed by atoms with Gasteiger partial charge in [0.1, 0.15) is 17.6 Å². The van der Waals surface area contributed by atoms with E-state index in [0.29, 0.717) is 17.7 Å². The van der Waals surface area contributed by atoms with Gasteiger partial charge in [-0.05, 0) is 19.1 Å². The molecule has 0 saturated carbocycles. The van der Waals surface area contributed by atoms with Gasteiger partial charge in [-0.2, -0.15) is 0 Å². The highest BCUT2D eigenvalue weighted by molar-refractivity contribution is 6.46. The number of rotatable bonds is 5. The number of hydrogen-bond donors (Lipinski definition) is 2. The van der Waals surface area contributed by atoms with Crippen molar-refractivity contribution in [1.82, 2.24) is 14.9 Å². The van der Waals surface area contributed by atoms with Gasteiger partial charge in [0.2, 0.25) is 0 Å². The van der Waals surface area contributed by atoms with Crippen LogP contribution in [-0.2, 0) is 16.0 Å². The zero-order valence-corrected chi connectivity index (χ0v) is 15.3. The summed E-state index contributed by atoms with van der Waals surface area (Å²) in [6.45, 7) is 2.21. The standard InChI is InChI=1S/C21H19N3O4/c1-13-4-6-14(7-5-13)19(25)17-18(16-3-2-10-28-16)24(21(27)20(17)26)9-8-15-11-22-12-23-15/h2-7,10-12,18,25H,8-9H2,1H3,(H,22,23)/t18-/m0/s1. The predicted molar refractivity (Wildman–Crippen MR) is 101 cm³/mol. The number of nitrogens with one attached hydrogen (secondary N) is 1. The van der Waals surface area contributed by atoms with Crippen molar-refractivity contribution < 1.29 is 19.1 Å². The first-order valence-corrected chi connectivity index (χ1v) is 8.92. The molecule has 28 heavy (non-hydrogen) atoms. The van der Waals surface area contributed by atoms with Crippen LogP contribution in [0.3, 0.4) is 0 Å². The molecule has 1 aliphatic rings. The van der Waals surface area contributed by atoms with Gasteiger partial charge >= 0.3 is 0 Å². The summed E-state index contributed by atoms with van der Waals surface area (Å²) in [6, 6.07) is 9.73. The summed E-state index contributed by atoms with van der Waals surface area (Å²) in [5.41, 5.74) is 2.39. The van der Waals surface area contributed by atoms with Crippen LogP contribution in [0.15, 0.2) is 65.2 Å². The molecule has 7 nitrogen and oxygen atoms in total. The van der Waals surface area contributed by atoms with Gasteiger partial charge in [-0.1, -0.05) is 29.8 Å². The predicted octanol–water partition coefficient (Wildman–Crippen LogP) is 2.98. The van der Waals surface area contributed by atoms with Crippen molar-refractivity contribution in [2.24, 2.45) is 0 Å². The second-order valence-electron chi connectivity index (χ2n) is 6.70. The van der Waals surface area contributed by atoms with Gasteiger partial charge in [-0.25, -0.2) is 4.98 Å². The summed E-state index contributed by atoms with van der Waals surface area (Å²) < 4.78 is 5.51. The molecule has 0 bridgehead atoms. The van der Waals surface area contributed by atoms with Crippen LogP contribution in [-0.4, -0.2) is 38.2 Å². The van der Waals surface area contributed by atoms with E-state index in [2.05, 4.69) is 9.97 Å². The molecule has 1 fully saturated rings. The first kappa shape index (κ1) is 17.8. The van der Waals surface area contributed by atoms with E-state index in [1.54, 1.807) is 36.8 Å². The van der Waals surface area contributed by atoms with Gasteiger partial charge in [0.05, 0.1) is 18.2 Å². The second-order valence-corrected chi connectivity index (χ2v) is 6.70. The Hall–Kier alpha value is -3.61. The van der Waals surface area contributed by atoms with Crippen LogP contribution in [0.25, 0.3) is 5.76 Å². The molecule has 2 N–H and O–H groups in total. The highest BCUT2D eigenvalue weighted by atomic mass is 16.3. The Morgan fingerprint density at radius 3 is 2.68 bits per heavy atom. The van der Waals surface area contributed by atoms with E-state index >= 15 is 0 Å². The molecule has 3 aromatic rings. The molecule has 1 amide bonds. The van der Waals surface area contributed by atoms with Gasteiger partial charge in [0.25, 0.3) is 11.7 Å². The fourth-order valence-corrected chi connectivity index (χ4v) is 3.38. The molecule has 3 heterocycles.